The van der Waals surface area contributed by atoms with Crippen molar-refractivity contribution in [1.82, 2.24) is 19.7 Å². The lowest BCUT2D eigenvalue weighted by Crippen LogP contribution is -2.40. The molecule has 148 valence electrons. The topological polar surface area (TPSA) is 51.0 Å². The summed E-state index contributed by atoms with van der Waals surface area (Å²) in [5, 5.41) is 9.53. The summed E-state index contributed by atoms with van der Waals surface area (Å²) in [6.45, 7) is 3.45. The summed E-state index contributed by atoms with van der Waals surface area (Å²) in [6.07, 6.45) is 3.25. The van der Waals surface area contributed by atoms with E-state index in [2.05, 4.69) is 45.1 Å². The number of carbonyl (C=O) groups is 1. The number of fused-ring (bicyclic) bond motifs is 1. The van der Waals surface area contributed by atoms with Crippen molar-refractivity contribution in [1.29, 1.82) is 0 Å². The fourth-order valence-corrected chi connectivity index (χ4v) is 4.89. The molecule has 5 nitrogen and oxygen atoms in total. The molecule has 1 fully saturated rings. The molecule has 2 aliphatic rings. The summed E-state index contributed by atoms with van der Waals surface area (Å²) in [7, 11) is 0. The van der Waals surface area contributed by atoms with Crippen molar-refractivity contribution in [3.05, 3.63) is 71.5 Å². The molecule has 1 atom stereocenters. The van der Waals surface area contributed by atoms with Crippen LogP contribution in [0, 0.1) is 0 Å². The van der Waals surface area contributed by atoms with Gasteiger partial charge in [-0.15, -0.1) is 10.2 Å². The molecule has 1 aliphatic carbocycles. The summed E-state index contributed by atoms with van der Waals surface area (Å²) in [5.74, 6) is 1.67. The van der Waals surface area contributed by atoms with Crippen LogP contribution in [0.5, 0.6) is 0 Å². The smallest absolute Gasteiger partial charge is 0.236 e. The molecule has 0 bridgehead atoms. The third kappa shape index (κ3) is 3.69. The standard InChI is InChI=1S/C23H24N4OS/c1-16(22(28)26-14-13-17-7-5-6-8-19(17)15-26)29-23-25-24-21(18-11-12-18)27(23)20-9-3-2-4-10-20/h2-10,16,18H,11-15H2,1H3/t16-/m0/s1. The fourth-order valence-electron chi connectivity index (χ4n) is 3.93. The van der Waals surface area contributed by atoms with E-state index in [0.717, 1.165) is 42.5 Å². The highest BCUT2D eigenvalue weighted by Gasteiger charge is 2.32. The van der Waals surface area contributed by atoms with Crippen LogP contribution in [0.1, 0.15) is 42.6 Å². The number of nitrogens with zero attached hydrogens (tertiary/aromatic N) is 4. The molecule has 2 heterocycles. The number of aromatic nitrogens is 3. The first-order chi connectivity index (χ1) is 14.2. The second-order valence-electron chi connectivity index (χ2n) is 7.82. The summed E-state index contributed by atoms with van der Waals surface area (Å²) in [6, 6.07) is 18.6. The van der Waals surface area contributed by atoms with Gasteiger partial charge in [0.05, 0.1) is 5.25 Å². The average Bonchev–Trinajstić information content (AvgIpc) is 3.53. The molecule has 5 rings (SSSR count). The SMILES string of the molecule is C[C@H](Sc1nnc(C2CC2)n1-c1ccccc1)C(=O)N1CCc2ccccc2C1. The average molecular weight is 405 g/mol. The number of hydrogen-bond acceptors (Lipinski definition) is 4. The molecule has 1 amide bonds. The van der Waals surface area contributed by atoms with Crippen LogP contribution in [-0.2, 0) is 17.8 Å². The van der Waals surface area contributed by atoms with Crippen LogP contribution >= 0.6 is 11.8 Å². The first kappa shape index (κ1) is 18.4. The maximum atomic E-state index is 13.2. The van der Waals surface area contributed by atoms with Crippen molar-refractivity contribution < 1.29 is 4.79 Å². The quantitative estimate of drug-likeness (QED) is 0.598. The predicted octanol–water partition coefficient (Wildman–Crippen LogP) is 4.21. The number of thioether (sulfide) groups is 1. The number of carbonyl (C=O) groups excluding carboxylic acids is 1. The van der Waals surface area contributed by atoms with E-state index < -0.39 is 0 Å². The lowest BCUT2D eigenvalue weighted by molar-refractivity contribution is -0.131. The van der Waals surface area contributed by atoms with E-state index in [1.54, 1.807) is 0 Å². The molecule has 2 aromatic carbocycles. The second-order valence-corrected chi connectivity index (χ2v) is 9.13. The normalized spacial score (nSPS) is 17.1. The minimum absolute atomic E-state index is 0.167. The van der Waals surface area contributed by atoms with Gasteiger partial charge in [-0.25, -0.2) is 0 Å². The first-order valence-corrected chi connectivity index (χ1v) is 11.1. The highest BCUT2D eigenvalue weighted by Crippen LogP contribution is 2.41. The molecule has 0 spiro atoms. The Morgan fingerprint density at radius 1 is 1.03 bits per heavy atom. The Bertz CT molecular complexity index is 1030. The van der Waals surface area contributed by atoms with Crippen LogP contribution in [0.25, 0.3) is 5.69 Å². The van der Waals surface area contributed by atoms with Crippen LogP contribution in [0.2, 0.25) is 0 Å². The molecular weight excluding hydrogens is 380 g/mol. The lowest BCUT2D eigenvalue weighted by atomic mass is 10.00. The largest absolute Gasteiger partial charge is 0.337 e. The van der Waals surface area contributed by atoms with Gasteiger partial charge in [-0.05, 0) is 49.4 Å². The van der Waals surface area contributed by atoms with Crippen molar-refractivity contribution >= 4 is 17.7 Å². The number of hydrogen-bond donors (Lipinski definition) is 0. The maximum Gasteiger partial charge on any atom is 0.236 e. The first-order valence-electron chi connectivity index (χ1n) is 10.2. The zero-order valence-electron chi connectivity index (χ0n) is 16.5. The van der Waals surface area contributed by atoms with Crippen molar-refractivity contribution in [2.24, 2.45) is 0 Å². The molecule has 1 aromatic heterocycles. The van der Waals surface area contributed by atoms with Crippen LogP contribution in [0.4, 0.5) is 0 Å². The minimum Gasteiger partial charge on any atom is -0.337 e. The number of para-hydroxylation sites is 1. The molecule has 0 unspecified atom stereocenters. The predicted molar refractivity (Wildman–Crippen MR) is 114 cm³/mol. The zero-order chi connectivity index (χ0) is 19.8. The van der Waals surface area contributed by atoms with Crippen LogP contribution in [0.15, 0.2) is 59.8 Å². The van der Waals surface area contributed by atoms with Gasteiger partial charge in [0.15, 0.2) is 5.16 Å². The zero-order valence-corrected chi connectivity index (χ0v) is 17.3. The van der Waals surface area contributed by atoms with Gasteiger partial charge in [0.25, 0.3) is 0 Å². The van der Waals surface area contributed by atoms with E-state index >= 15 is 0 Å². The number of amides is 1. The summed E-state index contributed by atoms with van der Waals surface area (Å²) in [4.78, 5) is 15.1. The Hall–Kier alpha value is -2.60. The van der Waals surface area contributed by atoms with Gasteiger partial charge in [0.1, 0.15) is 5.82 Å². The highest BCUT2D eigenvalue weighted by molar-refractivity contribution is 8.00. The number of rotatable bonds is 5. The Labute approximate surface area is 175 Å². The molecule has 0 N–H and O–H groups in total. The van der Waals surface area contributed by atoms with Gasteiger partial charge in [0.2, 0.25) is 5.91 Å². The van der Waals surface area contributed by atoms with Crippen LogP contribution in [-0.4, -0.2) is 37.4 Å². The molecule has 3 aromatic rings. The van der Waals surface area contributed by atoms with Crippen LogP contribution < -0.4 is 0 Å². The Morgan fingerprint density at radius 2 is 1.76 bits per heavy atom. The molecular formula is C23H24N4OS. The van der Waals surface area contributed by atoms with E-state index in [1.807, 2.05) is 36.1 Å². The monoisotopic (exact) mass is 404 g/mol. The Kier molecular flexibility index (Phi) is 4.87. The summed E-state index contributed by atoms with van der Waals surface area (Å²) >= 11 is 1.51. The van der Waals surface area contributed by atoms with E-state index in [-0.39, 0.29) is 11.2 Å². The van der Waals surface area contributed by atoms with Gasteiger partial charge in [0, 0.05) is 24.7 Å². The van der Waals surface area contributed by atoms with E-state index in [9.17, 15) is 4.79 Å². The molecule has 29 heavy (non-hydrogen) atoms. The van der Waals surface area contributed by atoms with Crippen LogP contribution in [0.3, 0.4) is 0 Å². The van der Waals surface area contributed by atoms with Crippen molar-refractivity contribution in [3.8, 4) is 5.69 Å². The summed E-state index contributed by atoms with van der Waals surface area (Å²) in [5.41, 5.74) is 3.68. The lowest BCUT2D eigenvalue weighted by Gasteiger charge is -2.30. The van der Waals surface area contributed by atoms with E-state index in [0.29, 0.717) is 12.5 Å². The van der Waals surface area contributed by atoms with Crippen molar-refractivity contribution in [3.63, 3.8) is 0 Å². The third-order valence-corrected chi connectivity index (χ3v) is 6.72. The van der Waals surface area contributed by atoms with Crippen molar-refractivity contribution in [2.45, 2.75) is 49.1 Å². The minimum atomic E-state index is -0.209. The molecule has 1 saturated carbocycles. The van der Waals surface area contributed by atoms with Gasteiger partial charge in [-0.3, -0.25) is 9.36 Å². The van der Waals surface area contributed by atoms with Crippen molar-refractivity contribution in [2.75, 3.05) is 6.54 Å². The maximum absolute atomic E-state index is 13.2. The highest BCUT2D eigenvalue weighted by atomic mass is 32.2. The second kappa shape index (κ2) is 7.67. The molecule has 0 radical (unpaired) electrons. The molecule has 0 saturated heterocycles. The fraction of sp³-hybridized carbons (Fsp3) is 0.348. The van der Waals surface area contributed by atoms with Gasteiger partial charge in [-0.1, -0.05) is 54.2 Å². The summed E-state index contributed by atoms with van der Waals surface area (Å²) < 4.78 is 2.14. The third-order valence-electron chi connectivity index (χ3n) is 5.69. The van der Waals surface area contributed by atoms with E-state index in [1.165, 1.54) is 22.9 Å². The Morgan fingerprint density at radius 3 is 2.52 bits per heavy atom. The Balaban J connectivity index is 1.36. The molecule has 1 aliphatic heterocycles. The van der Waals surface area contributed by atoms with Gasteiger partial charge in [-0.2, -0.15) is 0 Å². The van der Waals surface area contributed by atoms with Gasteiger partial charge >= 0.3 is 0 Å². The van der Waals surface area contributed by atoms with Gasteiger partial charge < -0.3 is 4.90 Å². The number of benzene rings is 2. The van der Waals surface area contributed by atoms with E-state index in [4.69, 9.17) is 0 Å². The molecule has 6 heteroatoms.